The van der Waals surface area contributed by atoms with Crippen LogP contribution in [-0.4, -0.2) is 64.9 Å². The molecule has 0 aliphatic carbocycles. The normalized spacial score (nSPS) is 14.5. The lowest BCUT2D eigenvalue weighted by molar-refractivity contribution is -0.147. The first-order chi connectivity index (χ1) is 29.1. The van der Waals surface area contributed by atoms with Gasteiger partial charge in [-0.15, -0.1) is 0 Å². The zero-order valence-corrected chi connectivity index (χ0v) is 37.9. The van der Waals surface area contributed by atoms with E-state index in [-0.39, 0.29) is 12.8 Å². The van der Waals surface area contributed by atoms with Gasteiger partial charge in [-0.3, -0.25) is 18.6 Å². The maximum atomic E-state index is 12.3. The minimum atomic E-state index is -4.78. The highest BCUT2D eigenvalue weighted by molar-refractivity contribution is 7.47. The van der Waals surface area contributed by atoms with Crippen LogP contribution in [0.5, 0.6) is 0 Å². The number of aliphatic carboxylic acids is 1. The summed E-state index contributed by atoms with van der Waals surface area (Å²) in [6, 6.07) is -1.57. The number of hydrogen-bond donors (Lipinski definition) is 4. The van der Waals surface area contributed by atoms with Gasteiger partial charge >= 0.3 is 19.8 Å². The van der Waals surface area contributed by atoms with Gasteiger partial charge in [0.15, 0.2) is 6.04 Å². The zero-order chi connectivity index (χ0) is 44.2. The number of amides is 1. The maximum absolute atomic E-state index is 12.3. The van der Waals surface area contributed by atoms with Crippen LogP contribution in [0.25, 0.3) is 0 Å². The lowest BCUT2D eigenvalue weighted by atomic mass is 10.1. The lowest BCUT2D eigenvalue weighted by Crippen LogP contribution is -2.43. The molecule has 0 aliphatic rings. The fraction of sp³-hybridized carbons (Fsp3) is 0.646. The van der Waals surface area contributed by atoms with E-state index in [0.29, 0.717) is 12.8 Å². The molecule has 12 heteroatoms. The maximum Gasteiger partial charge on any atom is 0.472 e. The molecule has 11 nitrogen and oxygen atoms in total. The number of phosphoric ester groups is 1. The SMILES string of the molecule is CC/C=C\C/C=C\C/C=C\C/C=C\CCCCC(=O)NC(COP(=O)(O)OCC(O)COC(=O)CCCCCCCCCC/C=C\C/C=C\C/C=C\CCCCC)C(=O)O. The number of ether oxygens (including phenoxy) is 1. The van der Waals surface area contributed by atoms with Crippen LogP contribution in [0.4, 0.5) is 0 Å². The number of carboxylic acid groups (broad SMARTS) is 1. The monoisotopic (exact) mass is 862 g/mol. The summed E-state index contributed by atoms with van der Waals surface area (Å²) in [4.78, 5) is 45.9. The topological polar surface area (TPSA) is 169 Å². The van der Waals surface area contributed by atoms with E-state index in [2.05, 4.69) is 98.2 Å². The molecule has 60 heavy (non-hydrogen) atoms. The van der Waals surface area contributed by atoms with Crippen molar-refractivity contribution in [2.75, 3.05) is 19.8 Å². The second-order valence-corrected chi connectivity index (χ2v) is 16.3. The number of allylic oxidation sites excluding steroid dienone is 14. The molecule has 0 radical (unpaired) electrons. The van der Waals surface area contributed by atoms with E-state index in [4.69, 9.17) is 13.8 Å². The third kappa shape index (κ3) is 41.4. The smallest absolute Gasteiger partial charge is 0.472 e. The summed E-state index contributed by atoms with van der Waals surface area (Å²) in [6.45, 7) is 2.40. The number of nitrogens with one attached hydrogen (secondary N) is 1. The number of aliphatic hydroxyl groups excluding tert-OH is 1. The van der Waals surface area contributed by atoms with Crippen LogP contribution in [0.15, 0.2) is 85.1 Å². The first-order valence-electron chi connectivity index (χ1n) is 22.6. The molecule has 342 valence electrons. The summed E-state index contributed by atoms with van der Waals surface area (Å²) in [5, 5.41) is 21.8. The van der Waals surface area contributed by atoms with Gasteiger partial charge < -0.3 is 25.2 Å². The Bertz CT molecular complexity index is 1340. The average molecular weight is 862 g/mol. The van der Waals surface area contributed by atoms with Gasteiger partial charge in [0, 0.05) is 12.8 Å². The van der Waals surface area contributed by atoms with Crippen molar-refractivity contribution in [3.63, 3.8) is 0 Å². The number of carboxylic acids is 1. The first-order valence-corrected chi connectivity index (χ1v) is 24.1. The van der Waals surface area contributed by atoms with Crippen LogP contribution in [0.2, 0.25) is 0 Å². The van der Waals surface area contributed by atoms with Gasteiger partial charge in [0.05, 0.1) is 13.2 Å². The Morgan fingerprint density at radius 3 is 1.47 bits per heavy atom. The Morgan fingerprint density at radius 2 is 0.967 bits per heavy atom. The molecule has 3 atom stereocenters. The van der Waals surface area contributed by atoms with Crippen molar-refractivity contribution in [3.8, 4) is 0 Å². The number of phosphoric acid groups is 1. The molecule has 0 heterocycles. The van der Waals surface area contributed by atoms with Crippen LogP contribution in [-0.2, 0) is 32.7 Å². The van der Waals surface area contributed by atoms with Crippen molar-refractivity contribution in [3.05, 3.63) is 85.1 Å². The molecule has 0 spiro atoms. The number of unbranched alkanes of at least 4 members (excludes halogenated alkanes) is 13. The quantitative estimate of drug-likeness (QED) is 0.0201. The van der Waals surface area contributed by atoms with Crippen molar-refractivity contribution < 1.29 is 47.8 Å². The van der Waals surface area contributed by atoms with Crippen LogP contribution in [0, 0.1) is 0 Å². The molecule has 0 aliphatic heterocycles. The van der Waals surface area contributed by atoms with Gasteiger partial charge in [-0.05, 0) is 89.9 Å². The largest absolute Gasteiger partial charge is 0.480 e. The molecule has 0 rings (SSSR count). The van der Waals surface area contributed by atoms with Gasteiger partial charge in [0.25, 0.3) is 0 Å². The van der Waals surface area contributed by atoms with Gasteiger partial charge in [-0.1, -0.05) is 150 Å². The number of hydrogen-bond acceptors (Lipinski definition) is 8. The highest BCUT2D eigenvalue weighted by Gasteiger charge is 2.28. The Morgan fingerprint density at radius 1 is 0.550 bits per heavy atom. The van der Waals surface area contributed by atoms with Crippen molar-refractivity contribution in [2.24, 2.45) is 0 Å². The van der Waals surface area contributed by atoms with Gasteiger partial charge in [0.1, 0.15) is 12.7 Å². The molecule has 0 aromatic heterocycles. The second-order valence-electron chi connectivity index (χ2n) is 14.9. The standard InChI is InChI=1S/C48H80NO10P/c1-3-5-7-9-11-13-15-17-19-20-21-22-23-24-26-28-30-32-34-36-38-40-47(52)57-41-44(50)42-58-60(55,56)59-43-45(48(53)54)49-46(51)39-37-35-33-31-29-27-25-18-16-14-12-10-8-6-4-2/h6,8,11-14,17-19,21-22,25,29,31,44-45,50H,3-5,7,9-10,15-16,20,23-24,26-28,30,32-43H2,1-2H3,(H,49,51)(H,53,54)(H,55,56)/b8-6-,13-11-,14-12-,19-17-,22-21-,25-18-,31-29-. The van der Waals surface area contributed by atoms with E-state index in [1.165, 1.54) is 51.4 Å². The summed E-state index contributed by atoms with van der Waals surface area (Å²) >= 11 is 0. The van der Waals surface area contributed by atoms with E-state index in [0.717, 1.165) is 77.0 Å². The molecule has 0 saturated heterocycles. The fourth-order valence-electron chi connectivity index (χ4n) is 5.66. The van der Waals surface area contributed by atoms with E-state index >= 15 is 0 Å². The number of rotatable bonds is 41. The number of carbonyl (C=O) groups is 3. The van der Waals surface area contributed by atoms with Crippen molar-refractivity contribution >= 4 is 25.7 Å². The predicted molar refractivity (Wildman–Crippen MR) is 244 cm³/mol. The molecule has 0 fully saturated rings. The molecule has 0 saturated carbocycles. The van der Waals surface area contributed by atoms with Crippen LogP contribution in [0.1, 0.15) is 168 Å². The molecular formula is C48H80NO10P. The number of carbonyl (C=O) groups excluding carboxylic acids is 2. The summed E-state index contributed by atoms with van der Waals surface area (Å²) in [6.07, 6.45) is 51.8. The van der Waals surface area contributed by atoms with Gasteiger partial charge in [-0.25, -0.2) is 9.36 Å². The summed E-state index contributed by atoms with van der Waals surface area (Å²) < 4.78 is 26.8. The minimum Gasteiger partial charge on any atom is -0.480 e. The summed E-state index contributed by atoms with van der Waals surface area (Å²) in [5.74, 6) is -2.45. The first kappa shape index (κ1) is 56.7. The lowest BCUT2D eigenvalue weighted by Gasteiger charge is -2.18. The number of esters is 1. The zero-order valence-electron chi connectivity index (χ0n) is 37.0. The average Bonchev–Trinajstić information content (AvgIpc) is 3.22. The fourth-order valence-corrected chi connectivity index (χ4v) is 6.44. The Hall–Kier alpha value is -3.34. The van der Waals surface area contributed by atoms with Crippen LogP contribution >= 0.6 is 7.82 Å². The predicted octanol–water partition coefficient (Wildman–Crippen LogP) is 11.9. The van der Waals surface area contributed by atoms with Crippen molar-refractivity contribution in [1.29, 1.82) is 0 Å². The Kier molecular flexibility index (Phi) is 40.0. The molecular weight excluding hydrogens is 781 g/mol. The summed E-state index contributed by atoms with van der Waals surface area (Å²) in [7, 11) is -4.78. The van der Waals surface area contributed by atoms with Gasteiger partial charge in [0.2, 0.25) is 5.91 Å². The van der Waals surface area contributed by atoms with E-state index in [1.807, 2.05) is 6.08 Å². The molecule has 4 N–H and O–H groups in total. The number of aliphatic hydroxyl groups is 1. The second kappa shape index (κ2) is 42.4. The Labute approximate surface area is 362 Å². The molecule has 0 bridgehead atoms. The third-order valence-corrected chi connectivity index (χ3v) is 10.1. The summed E-state index contributed by atoms with van der Waals surface area (Å²) in [5.41, 5.74) is 0. The van der Waals surface area contributed by atoms with Gasteiger partial charge in [-0.2, -0.15) is 0 Å². The van der Waals surface area contributed by atoms with Crippen LogP contribution in [0.3, 0.4) is 0 Å². The molecule has 0 aromatic rings. The molecule has 0 aromatic carbocycles. The van der Waals surface area contributed by atoms with E-state index in [9.17, 15) is 34.1 Å². The van der Waals surface area contributed by atoms with Crippen LogP contribution < -0.4 is 5.32 Å². The highest BCUT2D eigenvalue weighted by Crippen LogP contribution is 2.43. The van der Waals surface area contributed by atoms with E-state index < -0.39 is 57.6 Å². The molecule has 3 unspecified atom stereocenters. The third-order valence-electron chi connectivity index (χ3n) is 9.17. The molecule has 1 amide bonds. The highest BCUT2D eigenvalue weighted by atomic mass is 31.2. The van der Waals surface area contributed by atoms with E-state index in [1.54, 1.807) is 0 Å². The van der Waals surface area contributed by atoms with Crippen molar-refractivity contribution in [2.45, 2.75) is 180 Å². The minimum absolute atomic E-state index is 0.0883. The van der Waals surface area contributed by atoms with Crippen molar-refractivity contribution in [1.82, 2.24) is 5.32 Å². The Balaban J connectivity index is 3.94.